The Balaban J connectivity index is 0.00000240. The lowest BCUT2D eigenvalue weighted by Crippen LogP contribution is -2.47. The van der Waals surface area contributed by atoms with E-state index in [0.717, 1.165) is 25.0 Å². The second kappa shape index (κ2) is 8.79. The molecule has 4 rings (SSSR count). The first-order valence-electron chi connectivity index (χ1n) is 10.1. The number of hydrogen-bond acceptors (Lipinski definition) is 5. The van der Waals surface area contributed by atoms with Gasteiger partial charge < -0.3 is 19.5 Å². The van der Waals surface area contributed by atoms with Gasteiger partial charge in [0.25, 0.3) is 0 Å². The second-order valence-corrected chi connectivity index (χ2v) is 8.15. The third-order valence-electron chi connectivity index (χ3n) is 6.45. The molecule has 2 aliphatic heterocycles. The number of carboxylic acids is 1. The van der Waals surface area contributed by atoms with Crippen molar-refractivity contribution in [2.75, 3.05) is 39.3 Å². The minimum Gasteiger partial charge on any atom is -0.486 e. The number of halogens is 1. The average molecular weight is 425 g/mol. The summed E-state index contributed by atoms with van der Waals surface area (Å²) in [4.78, 5) is 28.5. The molecule has 1 aliphatic carbocycles. The number of fused-ring (bicyclic) bond motifs is 2. The first kappa shape index (κ1) is 21.7. The summed E-state index contributed by atoms with van der Waals surface area (Å²) >= 11 is 0. The van der Waals surface area contributed by atoms with Crippen LogP contribution in [0.5, 0.6) is 11.5 Å². The van der Waals surface area contributed by atoms with Crippen molar-refractivity contribution < 1.29 is 24.2 Å². The molecule has 1 aromatic carbocycles. The number of nitrogens with zero attached hydrogens (tertiary/aromatic N) is 2. The van der Waals surface area contributed by atoms with Gasteiger partial charge in [0.15, 0.2) is 17.6 Å². The normalized spacial score (nSPS) is 27.8. The summed E-state index contributed by atoms with van der Waals surface area (Å²) in [7, 11) is 0. The van der Waals surface area contributed by atoms with Gasteiger partial charge in [-0.05, 0) is 37.8 Å². The molecule has 1 N–H and O–H groups in total. The molecular formula is C21H29ClN2O5. The molecule has 1 saturated heterocycles. The standard InChI is InChI=1S/C21H28N2O5.ClH/c1-2-23(11-16-13-27-17-7-3-4-8-18(17)28-16)19(24)12-22-10-15-6-5-9-21(15,14-22)20(25)26;/h3-4,7-8,15-16H,2,5-6,9-14H2,1H3,(H,25,26);1H/t15-,16?,21+;/m0./s1. The van der Waals surface area contributed by atoms with Gasteiger partial charge in [-0.3, -0.25) is 14.5 Å². The minimum atomic E-state index is -0.705. The summed E-state index contributed by atoms with van der Waals surface area (Å²) in [5.74, 6) is 0.919. The summed E-state index contributed by atoms with van der Waals surface area (Å²) in [6, 6.07) is 7.54. The van der Waals surface area contributed by atoms with Gasteiger partial charge in [0.05, 0.1) is 18.5 Å². The number of carbonyl (C=O) groups excluding carboxylic acids is 1. The van der Waals surface area contributed by atoms with E-state index in [0.29, 0.717) is 38.5 Å². The molecule has 2 heterocycles. The van der Waals surface area contributed by atoms with Crippen molar-refractivity contribution in [3.63, 3.8) is 0 Å². The van der Waals surface area contributed by atoms with E-state index in [4.69, 9.17) is 9.47 Å². The summed E-state index contributed by atoms with van der Waals surface area (Å²) in [6.07, 6.45) is 2.44. The van der Waals surface area contributed by atoms with Crippen LogP contribution in [-0.2, 0) is 9.59 Å². The van der Waals surface area contributed by atoms with Gasteiger partial charge in [-0.15, -0.1) is 12.4 Å². The van der Waals surface area contributed by atoms with Gasteiger partial charge in [0.2, 0.25) is 5.91 Å². The molecule has 0 spiro atoms. The van der Waals surface area contributed by atoms with Crippen LogP contribution in [0.4, 0.5) is 0 Å². The van der Waals surface area contributed by atoms with E-state index in [9.17, 15) is 14.7 Å². The largest absolute Gasteiger partial charge is 0.486 e. The first-order chi connectivity index (χ1) is 13.5. The monoisotopic (exact) mass is 424 g/mol. The Morgan fingerprint density at radius 3 is 2.76 bits per heavy atom. The van der Waals surface area contributed by atoms with Crippen LogP contribution in [-0.4, -0.2) is 72.2 Å². The molecular weight excluding hydrogens is 396 g/mol. The number of likely N-dealkylation sites (N-methyl/N-ethyl adjacent to an activating group) is 1. The topological polar surface area (TPSA) is 79.3 Å². The number of amides is 1. The van der Waals surface area contributed by atoms with Gasteiger partial charge in [-0.2, -0.15) is 0 Å². The molecule has 160 valence electrons. The third-order valence-corrected chi connectivity index (χ3v) is 6.45. The van der Waals surface area contributed by atoms with E-state index < -0.39 is 11.4 Å². The zero-order chi connectivity index (χ0) is 19.7. The van der Waals surface area contributed by atoms with Crippen molar-refractivity contribution in [2.24, 2.45) is 11.3 Å². The number of likely N-dealkylation sites (tertiary alicyclic amines) is 1. The first-order valence-corrected chi connectivity index (χ1v) is 10.1. The van der Waals surface area contributed by atoms with Crippen LogP contribution in [0.3, 0.4) is 0 Å². The maximum absolute atomic E-state index is 12.9. The van der Waals surface area contributed by atoms with E-state index in [1.165, 1.54) is 0 Å². The fraction of sp³-hybridized carbons (Fsp3) is 0.619. The van der Waals surface area contributed by atoms with Crippen molar-refractivity contribution in [3.8, 4) is 11.5 Å². The molecule has 2 fully saturated rings. The molecule has 3 aliphatic rings. The SMILES string of the molecule is CCN(CC1COc2ccccc2O1)C(=O)CN1C[C@@H]2CCC[C@@]2(C(=O)O)C1.Cl. The quantitative estimate of drug-likeness (QED) is 0.754. The van der Waals surface area contributed by atoms with Gasteiger partial charge in [0, 0.05) is 19.6 Å². The van der Waals surface area contributed by atoms with E-state index >= 15 is 0 Å². The molecule has 0 radical (unpaired) electrons. The zero-order valence-electron chi connectivity index (χ0n) is 16.7. The number of carboxylic acid groups (broad SMARTS) is 1. The maximum Gasteiger partial charge on any atom is 0.311 e. The Labute approximate surface area is 177 Å². The summed E-state index contributed by atoms with van der Waals surface area (Å²) < 4.78 is 11.7. The van der Waals surface area contributed by atoms with Crippen LogP contribution in [0.25, 0.3) is 0 Å². The predicted molar refractivity (Wildman–Crippen MR) is 110 cm³/mol. The minimum absolute atomic E-state index is 0. The predicted octanol–water partition coefficient (Wildman–Crippen LogP) is 2.28. The Kier molecular flexibility index (Phi) is 6.58. The number of carbonyl (C=O) groups is 2. The molecule has 1 amide bonds. The molecule has 8 heteroatoms. The van der Waals surface area contributed by atoms with Gasteiger partial charge in [0.1, 0.15) is 6.61 Å². The van der Waals surface area contributed by atoms with E-state index in [2.05, 4.69) is 0 Å². The number of ether oxygens (including phenoxy) is 2. The number of para-hydroxylation sites is 2. The average Bonchev–Trinajstić information content (AvgIpc) is 3.24. The highest BCUT2D eigenvalue weighted by Gasteiger charge is 2.54. The lowest BCUT2D eigenvalue weighted by Gasteiger charge is -2.32. The van der Waals surface area contributed by atoms with E-state index in [1.807, 2.05) is 36.1 Å². The molecule has 1 unspecified atom stereocenters. The number of aliphatic carboxylic acids is 1. The number of rotatable bonds is 6. The van der Waals surface area contributed by atoms with Crippen molar-refractivity contribution in [1.29, 1.82) is 0 Å². The second-order valence-electron chi connectivity index (χ2n) is 8.15. The van der Waals surface area contributed by atoms with Crippen LogP contribution in [0.2, 0.25) is 0 Å². The number of hydrogen-bond donors (Lipinski definition) is 1. The summed E-state index contributed by atoms with van der Waals surface area (Å²) in [5.41, 5.74) is -0.651. The smallest absolute Gasteiger partial charge is 0.311 e. The van der Waals surface area contributed by atoms with Crippen molar-refractivity contribution in [2.45, 2.75) is 32.3 Å². The third kappa shape index (κ3) is 4.16. The summed E-state index contributed by atoms with van der Waals surface area (Å²) in [5, 5.41) is 9.73. The van der Waals surface area contributed by atoms with Crippen molar-refractivity contribution in [1.82, 2.24) is 9.80 Å². The summed E-state index contributed by atoms with van der Waals surface area (Å²) in [6.45, 7) is 4.86. The lowest BCUT2D eigenvalue weighted by atomic mass is 9.81. The van der Waals surface area contributed by atoms with Crippen LogP contribution in [0, 0.1) is 11.3 Å². The van der Waals surface area contributed by atoms with Crippen LogP contribution < -0.4 is 9.47 Å². The Morgan fingerprint density at radius 2 is 2.07 bits per heavy atom. The molecule has 1 saturated carbocycles. The molecule has 29 heavy (non-hydrogen) atoms. The maximum atomic E-state index is 12.9. The van der Waals surface area contributed by atoms with Crippen LogP contribution in [0.1, 0.15) is 26.2 Å². The Hall–Kier alpha value is -1.99. The fourth-order valence-corrected chi connectivity index (χ4v) is 4.96. The highest BCUT2D eigenvalue weighted by Crippen LogP contribution is 2.48. The van der Waals surface area contributed by atoms with Gasteiger partial charge >= 0.3 is 5.97 Å². The van der Waals surface area contributed by atoms with Gasteiger partial charge in [-0.1, -0.05) is 18.6 Å². The molecule has 1 aromatic rings. The Bertz CT molecular complexity index is 760. The highest BCUT2D eigenvalue weighted by atomic mass is 35.5. The molecule has 3 atom stereocenters. The molecule has 0 aromatic heterocycles. The van der Waals surface area contributed by atoms with Crippen LogP contribution in [0.15, 0.2) is 24.3 Å². The Morgan fingerprint density at radius 1 is 1.31 bits per heavy atom. The van der Waals surface area contributed by atoms with Crippen LogP contribution >= 0.6 is 12.4 Å². The zero-order valence-corrected chi connectivity index (χ0v) is 17.5. The van der Waals surface area contributed by atoms with Crippen molar-refractivity contribution in [3.05, 3.63) is 24.3 Å². The van der Waals surface area contributed by atoms with E-state index in [1.54, 1.807) is 4.90 Å². The molecule has 7 nitrogen and oxygen atoms in total. The van der Waals surface area contributed by atoms with Crippen molar-refractivity contribution >= 4 is 24.3 Å². The lowest BCUT2D eigenvalue weighted by molar-refractivity contribution is -0.149. The van der Waals surface area contributed by atoms with E-state index in [-0.39, 0.29) is 36.9 Å². The van der Waals surface area contributed by atoms with Gasteiger partial charge in [-0.25, -0.2) is 0 Å². The highest BCUT2D eigenvalue weighted by molar-refractivity contribution is 5.85. The molecule has 0 bridgehead atoms. The fourth-order valence-electron chi connectivity index (χ4n) is 4.96. The number of benzene rings is 1.